The first-order valence-corrected chi connectivity index (χ1v) is 8.62. The first kappa shape index (κ1) is 14.9. The van der Waals surface area contributed by atoms with Crippen molar-refractivity contribution in [2.24, 2.45) is 0 Å². The molecule has 1 radical (unpaired) electrons. The van der Waals surface area contributed by atoms with Crippen LogP contribution < -0.4 is 5.01 Å². The first-order valence-electron chi connectivity index (χ1n) is 7.63. The number of allylic oxidation sites excluding steroid dienone is 3. The summed E-state index contributed by atoms with van der Waals surface area (Å²) in [6.45, 7) is 2.08. The largest absolute Gasteiger partial charge is 0.739 e. The second kappa shape index (κ2) is 6.12. The molecule has 0 fully saturated rings. The maximum Gasteiger partial charge on any atom is 0.739 e. The number of hydrogen-bond donors (Lipinski definition) is 0. The van der Waals surface area contributed by atoms with Crippen molar-refractivity contribution in [2.45, 2.75) is 12.8 Å². The SMILES string of the molecule is CC1C2=CC=CN(c3ccccn3)[N]2[Al][O]C(=O)c2cccc1n2. The Bertz CT molecular complexity index is 837. The smallest absolute Gasteiger partial charge is 0.599 e. The zero-order valence-electron chi connectivity index (χ0n) is 13.0. The highest BCUT2D eigenvalue weighted by atomic mass is 27.1. The number of nitrogens with zero attached hydrogens (tertiary/aromatic N) is 4. The summed E-state index contributed by atoms with van der Waals surface area (Å²) in [5, 5.41) is 1.92. The topological polar surface area (TPSA) is 58.6 Å². The van der Waals surface area contributed by atoms with E-state index < -0.39 is 21.7 Å². The second-order valence-corrected chi connectivity index (χ2v) is 6.43. The van der Waals surface area contributed by atoms with Crippen LogP contribution in [0.5, 0.6) is 0 Å². The predicted octanol–water partition coefficient (Wildman–Crippen LogP) is 2.42. The van der Waals surface area contributed by atoms with Crippen LogP contribution in [0.3, 0.4) is 0 Å². The minimum atomic E-state index is -0.780. The van der Waals surface area contributed by atoms with E-state index in [-0.39, 0.29) is 5.92 Å². The number of pyridine rings is 2. The average Bonchev–Trinajstić information content (AvgIpc) is 2.68. The van der Waals surface area contributed by atoms with Gasteiger partial charge in [-0.15, -0.1) is 0 Å². The molecule has 2 aromatic heterocycles. The van der Waals surface area contributed by atoms with Crippen LogP contribution in [0, 0.1) is 0 Å². The summed E-state index contributed by atoms with van der Waals surface area (Å²) >= 11 is -0.780. The van der Waals surface area contributed by atoms with Gasteiger partial charge in [0.05, 0.1) is 5.69 Å². The predicted molar refractivity (Wildman–Crippen MR) is 89.6 cm³/mol. The molecule has 6 nitrogen and oxygen atoms in total. The minimum Gasteiger partial charge on any atom is -0.599 e. The van der Waals surface area contributed by atoms with E-state index in [9.17, 15) is 4.79 Å². The first-order chi connectivity index (χ1) is 11.7. The van der Waals surface area contributed by atoms with E-state index in [0.717, 1.165) is 17.2 Å². The van der Waals surface area contributed by atoms with Gasteiger partial charge in [0.1, 0.15) is 11.5 Å². The third kappa shape index (κ3) is 2.58. The molecular weight excluding hydrogens is 319 g/mol. The fourth-order valence-electron chi connectivity index (χ4n) is 2.74. The van der Waals surface area contributed by atoms with E-state index in [2.05, 4.69) is 16.9 Å². The Morgan fingerprint density at radius 3 is 2.96 bits per heavy atom. The lowest BCUT2D eigenvalue weighted by Crippen LogP contribution is -2.45. The van der Waals surface area contributed by atoms with Crippen LogP contribution in [0.1, 0.15) is 29.0 Å². The molecule has 2 aromatic rings. The number of anilines is 1. The number of hydrogen-bond acceptors (Lipinski definition) is 6. The third-order valence-corrected chi connectivity index (χ3v) is 5.07. The molecule has 0 N–H and O–H groups in total. The van der Waals surface area contributed by atoms with Gasteiger partial charge in [-0.2, -0.15) is 0 Å². The molecule has 0 aromatic carbocycles. The molecule has 0 aliphatic carbocycles. The van der Waals surface area contributed by atoms with Crippen molar-refractivity contribution >= 4 is 27.6 Å². The Morgan fingerprint density at radius 2 is 2.12 bits per heavy atom. The highest BCUT2D eigenvalue weighted by molar-refractivity contribution is 6.29. The molecule has 0 saturated carbocycles. The third-order valence-electron chi connectivity index (χ3n) is 4.00. The number of rotatable bonds is 1. The van der Waals surface area contributed by atoms with Crippen molar-refractivity contribution in [3.63, 3.8) is 0 Å². The number of fused-ring (bicyclic) bond motifs is 3. The molecule has 7 heteroatoms. The molecule has 4 rings (SSSR count). The van der Waals surface area contributed by atoms with E-state index >= 15 is 0 Å². The van der Waals surface area contributed by atoms with E-state index in [1.807, 2.05) is 57.7 Å². The van der Waals surface area contributed by atoms with Crippen molar-refractivity contribution in [3.8, 4) is 0 Å². The van der Waals surface area contributed by atoms with Gasteiger partial charge in [0.15, 0.2) is 0 Å². The van der Waals surface area contributed by atoms with Crippen LogP contribution in [0.15, 0.2) is 66.6 Å². The number of carbonyl (C=O) groups is 1. The zero-order valence-corrected chi connectivity index (χ0v) is 14.2. The summed E-state index contributed by atoms with van der Waals surface area (Å²) in [7, 11) is 0. The van der Waals surface area contributed by atoms with Crippen LogP contribution in [0.2, 0.25) is 0 Å². The average molecular weight is 333 g/mol. The van der Waals surface area contributed by atoms with Crippen LogP contribution in [0.4, 0.5) is 5.82 Å². The van der Waals surface area contributed by atoms with E-state index in [1.54, 1.807) is 12.3 Å². The molecule has 0 amide bonds. The molecule has 2 aliphatic rings. The highest BCUT2D eigenvalue weighted by Gasteiger charge is 2.32. The van der Waals surface area contributed by atoms with Crippen molar-refractivity contribution in [1.82, 2.24) is 14.0 Å². The molecule has 0 spiro atoms. The lowest BCUT2D eigenvalue weighted by molar-refractivity contribution is 0.0721. The molecule has 4 heterocycles. The summed E-state index contributed by atoms with van der Waals surface area (Å²) in [5.74, 6) is 0.410. The molecule has 1 atom stereocenters. The molecule has 1 unspecified atom stereocenters. The summed E-state index contributed by atoms with van der Waals surface area (Å²) in [6.07, 6.45) is 7.66. The van der Waals surface area contributed by atoms with E-state index in [4.69, 9.17) is 3.79 Å². The molecule has 117 valence electrons. The Kier molecular flexibility index (Phi) is 3.81. The fourth-order valence-corrected chi connectivity index (χ4v) is 3.79. The van der Waals surface area contributed by atoms with E-state index in [1.165, 1.54) is 0 Å². The lowest BCUT2D eigenvalue weighted by Gasteiger charge is -2.39. The monoisotopic (exact) mass is 333 g/mol. The quantitative estimate of drug-likeness (QED) is 0.747. The van der Waals surface area contributed by atoms with E-state index in [0.29, 0.717) is 5.69 Å². The van der Waals surface area contributed by atoms with Gasteiger partial charge < -0.3 is 7.78 Å². The zero-order chi connectivity index (χ0) is 16.5. The number of carbonyl (C=O) groups excluding carboxylic acids is 1. The van der Waals surface area contributed by atoms with Crippen molar-refractivity contribution in [3.05, 3.63) is 78.0 Å². The van der Waals surface area contributed by atoms with Crippen molar-refractivity contribution in [2.75, 3.05) is 5.01 Å². The van der Waals surface area contributed by atoms with Gasteiger partial charge in [-0.1, -0.05) is 19.1 Å². The van der Waals surface area contributed by atoms with Gasteiger partial charge in [-0.25, -0.2) is 14.8 Å². The molecule has 2 bridgehead atoms. The summed E-state index contributed by atoms with van der Waals surface area (Å²) in [4.78, 5) is 21.1. The number of hydrazine groups is 1. The Morgan fingerprint density at radius 1 is 1.21 bits per heavy atom. The standard InChI is InChI=1S/C17H15N4O2.Al/c1-12(13-6-4-7-15(19-13)17(22)23)14-8-5-11-21(20-14)16-9-2-3-10-18-16;/h2-12H,1H3,(H,22,23);/q-1;+2/p-1. The molecule has 0 saturated heterocycles. The van der Waals surface area contributed by atoms with Crippen LogP contribution in [0.25, 0.3) is 0 Å². The summed E-state index contributed by atoms with van der Waals surface area (Å²) in [6, 6.07) is 11.2. The molecule has 2 aliphatic heterocycles. The minimum absolute atomic E-state index is 0.0307. The normalized spacial score (nSPS) is 19.3. The van der Waals surface area contributed by atoms with Crippen molar-refractivity contribution in [1.29, 1.82) is 0 Å². The highest BCUT2D eigenvalue weighted by Crippen LogP contribution is 2.31. The van der Waals surface area contributed by atoms with Crippen LogP contribution in [-0.4, -0.2) is 35.7 Å². The van der Waals surface area contributed by atoms with Gasteiger partial charge in [-0.3, -0.25) is 5.01 Å². The molecule has 24 heavy (non-hydrogen) atoms. The Hall–Kier alpha value is -2.62. The van der Waals surface area contributed by atoms with Gasteiger partial charge in [0, 0.05) is 24.0 Å². The molecular formula is C17H14AlN4O2. The lowest BCUT2D eigenvalue weighted by atomic mass is 10.0. The van der Waals surface area contributed by atoms with Gasteiger partial charge in [0.25, 0.3) is 0 Å². The Balaban J connectivity index is 1.78. The van der Waals surface area contributed by atoms with Crippen molar-refractivity contribution < 1.29 is 8.58 Å². The van der Waals surface area contributed by atoms with Crippen LogP contribution >= 0.6 is 0 Å². The fraction of sp³-hybridized carbons (Fsp3) is 0.118. The number of aromatic nitrogens is 2. The van der Waals surface area contributed by atoms with Gasteiger partial charge in [-0.05, 0) is 36.4 Å². The maximum absolute atomic E-state index is 12.2. The summed E-state index contributed by atoms with van der Waals surface area (Å²) in [5.41, 5.74) is 2.22. The maximum atomic E-state index is 12.2. The van der Waals surface area contributed by atoms with Gasteiger partial charge in [0.2, 0.25) is 0 Å². The second-order valence-electron chi connectivity index (χ2n) is 5.49. The summed E-state index contributed by atoms with van der Waals surface area (Å²) < 4.78 is 7.52. The Labute approximate surface area is 146 Å². The van der Waals surface area contributed by atoms with Crippen LogP contribution in [-0.2, 0) is 3.79 Å². The van der Waals surface area contributed by atoms with Gasteiger partial charge >= 0.3 is 21.7 Å².